The Bertz CT molecular complexity index is 208. The molecule has 0 amide bonds. The maximum Gasteiger partial charge on any atom is 1.00 e. The summed E-state index contributed by atoms with van der Waals surface area (Å²) < 4.78 is 4.38. The summed E-state index contributed by atoms with van der Waals surface area (Å²) >= 11 is 0. The topological polar surface area (TPSA) is 55.3 Å². The van der Waals surface area contributed by atoms with Gasteiger partial charge in [-0.25, -0.2) is 0 Å². The van der Waals surface area contributed by atoms with Crippen molar-refractivity contribution in [3.63, 3.8) is 0 Å². The quantitative estimate of drug-likeness (QED) is 0.395. The van der Waals surface area contributed by atoms with Crippen molar-refractivity contribution in [2.24, 2.45) is 0 Å². The van der Waals surface area contributed by atoms with Gasteiger partial charge in [-0.2, -0.15) is 8.60 Å². The van der Waals surface area contributed by atoms with Crippen LogP contribution in [-0.4, -0.2) is 0 Å². The van der Waals surface area contributed by atoms with Gasteiger partial charge < -0.3 is 14.3 Å². The van der Waals surface area contributed by atoms with Gasteiger partial charge in [0.15, 0.2) is 0 Å². The van der Waals surface area contributed by atoms with Gasteiger partial charge >= 0.3 is 103 Å². The molecule has 0 atom stereocenters. The molecular weight excluding hydrogens is 241 g/mol. The fraction of sp³-hybridized carbons (Fsp3) is 0.143. The first-order chi connectivity index (χ1) is 5.29. The standard InChI is InChI=1S/C7H7O3P.2K/c8-11(9)10-6-7-4-2-1-3-5-7;;/h1-5H,6H2;;/q-2;2*+1. The third-order valence-corrected chi connectivity index (χ3v) is 1.52. The zero-order valence-electron chi connectivity index (χ0n) is 7.77. The first-order valence-corrected chi connectivity index (χ1v) is 4.20. The maximum absolute atomic E-state index is 9.99. The van der Waals surface area contributed by atoms with Gasteiger partial charge in [0.1, 0.15) is 0 Å². The van der Waals surface area contributed by atoms with E-state index < -0.39 is 8.60 Å². The van der Waals surface area contributed by atoms with Crippen LogP contribution in [0.1, 0.15) is 5.56 Å². The summed E-state index contributed by atoms with van der Waals surface area (Å²) in [6.07, 6.45) is 0. The van der Waals surface area contributed by atoms with E-state index in [1.54, 1.807) is 12.1 Å². The average Bonchev–Trinajstić information content (AvgIpc) is 2.03. The van der Waals surface area contributed by atoms with E-state index in [-0.39, 0.29) is 109 Å². The van der Waals surface area contributed by atoms with Crippen molar-refractivity contribution in [3.8, 4) is 0 Å². The minimum Gasteiger partial charge on any atom is -0.820 e. The van der Waals surface area contributed by atoms with Crippen LogP contribution >= 0.6 is 8.60 Å². The zero-order valence-corrected chi connectivity index (χ0v) is 14.9. The Morgan fingerprint density at radius 2 is 1.62 bits per heavy atom. The van der Waals surface area contributed by atoms with E-state index in [4.69, 9.17) is 0 Å². The predicted molar refractivity (Wildman–Crippen MR) is 38.2 cm³/mol. The molecule has 6 heteroatoms. The van der Waals surface area contributed by atoms with E-state index in [0.29, 0.717) is 0 Å². The minimum atomic E-state index is -2.72. The molecule has 1 aromatic carbocycles. The Morgan fingerprint density at radius 3 is 2.08 bits per heavy atom. The van der Waals surface area contributed by atoms with Crippen molar-refractivity contribution in [1.82, 2.24) is 0 Å². The van der Waals surface area contributed by atoms with Crippen molar-refractivity contribution in [2.75, 3.05) is 0 Å². The first kappa shape index (κ1) is 18.2. The first-order valence-electron chi connectivity index (χ1n) is 3.10. The fourth-order valence-corrected chi connectivity index (χ4v) is 0.956. The molecule has 13 heavy (non-hydrogen) atoms. The van der Waals surface area contributed by atoms with E-state index in [1.807, 2.05) is 18.2 Å². The third-order valence-electron chi connectivity index (χ3n) is 1.18. The van der Waals surface area contributed by atoms with Gasteiger partial charge in [-0.1, -0.05) is 30.3 Å². The van der Waals surface area contributed by atoms with Crippen LogP contribution in [0.25, 0.3) is 0 Å². The smallest absolute Gasteiger partial charge is 0.820 e. The molecule has 0 fully saturated rings. The van der Waals surface area contributed by atoms with Crippen molar-refractivity contribution in [3.05, 3.63) is 35.9 Å². The van der Waals surface area contributed by atoms with Gasteiger partial charge in [-0.15, -0.1) is 0 Å². The molecular formula is C7H7K2O3P. The van der Waals surface area contributed by atoms with E-state index in [0.717, 1.165) is 5.56 Å². The van der Waals surface area contributed by atoms with Crippen molar-refractivity contribution >= 4 is 8.60 Å². The predicted octanol–water partition coefficient (Wildman–Crippen LogP) is -5.84. The number of benzene rings is 1. The molecule has 0 saturated heterocycles. The number of rotatable bonds is 3. The fourth-order valence-electron chi connectivity index (χ4n) is 0.701. The minimum absolute atomic E-state index is 0. The van der Waals surface area contributed by atoms with Gasteiger partial charge in [-0.05, 0) is 5.56 Å². The Balaban J connectivity index is 0. The summed E-state index contributed by atoms with van der Waals surface area (Å²) in [7, 11) is -2.72. The molecule has 3 nitrogen and oxygen atoms in total. The molecule has 0 bridgehead atoms. The molecule has 0 unspecified atom stereocenters. The van der Waals surface area contributed by atoms with Crippen LogP contribution in [0.15, 0.2) is 30.3 Å². The molecule has 0 heterocycles. The molecule has 0 spiro atoms. The van der Waals surface area contributed by atoms with Crippen LogP contribution in [0.3, 0.4) is 0 Å². The van der Waals surface area contributed by atoms with Crippen LogP contribution in [0.4, 0.5) is 0 Å². The summed E-state index contributed by atoms with van der Waals surface area (Å²) in [5.41, 5.74) is 0.853. The van der Waals surface area contributed by atoms with Crippen LogP contribution in [0.2, 0.25) is 0 Å². The summed E-state index contributed by atoms with van der Waals surface area (Å²) in [5.74, 6) is 0. The molecule has 0 aliphatic heterocycles. The third kappa shape index (κ3) is 9.72. The SMILES string of the molecule is [K+].[K+].[O-]P([O-])OCc1ccccc1. The molecule has 1 rings (SSSR count). The summed E-state index contributed by atoms with van der Waals surface area (Å²) in [6, 6.07) is 9.13. The van der Waals surface area contributed by atoms with Crippen LogP contribution in [-0.2, 0) is 11.1 Å². The molecule has 0 N–H and O–H groups in total. The van der Waals surface area contributed by atoms with Gasteiger partial charge in [0.05, 0.1) is 6.61 Å². The number of hydrogen-bond acceptors (Lipinski definition) is 3. The summed E-state index contributed by atoms with van der Waals surface area (Å²) in [4.78, 5) is 20.0. The van der Waals surface area contributed by atoms with E-state index in [9.17, 15) is 9.79 Å². The maximum atomic E-state index is 9.99. The molecule has 1 aromatic rings. The van der Waals surface area contributed by atoms with Gasteiger partial charge in [0.2, 0.25) is 0 Å². The normalized spacial score (nSPS) is 8.85. The molecule has 0 aliphatic carbocycles. The Labute approximate surface area is 164 Å². The van der Waals surface area contributed by atoms with Crippen molar-refractivity contribution < 1.29 is 117 Å². The monoisotopic (exact) mass is 248 g/mol. The van der Waals surface area contributed by atoms with Gasteiger partial charge in [0.25, 0.3) is 0 Å². The van der Waals surface area contributed by atoms with Gasteiger partial charge in [-0.3, -0.25) is 0 Å². The molecule has 0 aromatic heterocycles. The summed E-state index contributed by atoms with van der Waals surface area (Å²) in [6.45, 7) is 0.125. The van der Waals surface area contributed by atoms with Crippen LogP contribution in [0.5, 0.6) is 0 Å². The van der Waals surface area contributed by atoms with E-state index in [1.165, 1.54) is 0 Å². The second-order valence-electron chi connectivity index (χ2n) is 1.98. The van der Waals surface area contributed by atoms with Crippen molar-refractivity contribution in [2.45, 2.75) is 6.61 Å². The largest absolute Gasteiger partial charge is 1.00 e. The molecule has 0 radical (unpaired) electrons. The molecule has 60 valence electrons. The van der Waals surface area contributed by atoms with Crippen molar-refractivity contribution in [1.29, 1.82) is 0 Å². The second kappa shape index (κ2) is 11.3. The van der Waals surface area contributed by atoms with E-state index >= 15 is 0 Å². The Kier molecular flexibility index (Phi) is 15.8. The van der Waals surface area contributed by atoms with Crippen LogP contribution in [0, 0.1) is 0 Å². The molecule has 0 saturated carbocycles. The van der Waals surface area contributed by atoms with Crippen LogP contribution < -0.4 is 113 Å². The zero-order chi connectivity index (χ0) is 8.10. The summed E-state index contributed by atoms with van der Waals surface area (Å²) in [5, 5.41) is 0. The Hall–Kier alpha value is 2.80. The van der Waals surface area contributed by atoms with Gasteiger partial charge in [0, 0.05) is 0 Å². The Morgan fingerprint density at radius 1 is 1.08 bits per heavy atom. The second-order valence-corrected chi connectivity index (χ2v) is 2.69. The number of hydrogen-bond donors (Lipinski definition) is 0. The van der Waals surface area contributed by atoms with E-state index in [2.05, 4.69) is 4.52 Å². The average molecular weight is 248 g/mol. The molecule has 0 aliphatic rings.